The van der Waals surface area contributed by atoms with Crippen molar-refractivity contribution in [3.05, 3.63) is 34.1 Å². The SMILES string of the molecule is CNC(=O)Nc1c(F)cccc1[N+](=O)[O-]. The van der Waals surface area contributed by atoms with Gasteiger partial charge in [0, 0.05) is 13.1 Å². The van der Waals surface area contributed by atoms with Gasteiger partial charge in [0.25, 0.3) is 5.69 Å². The quantitative estimate of drug-likeness (QED) is 0.576. The molecule has 0 aliphatic carbocycles. The van der Waals surface area contributed by atoms with Gasteiger partial charge in [0.2, 0.25) is 0 Å². The van der Waals surface area contributed by atoms with Gasteiger partial charge in [-0.15, -0.1) is 0 Å². The Kier molecular flexibility index (Phi) is 3.17. The molecule has 0 saturated carbocycles. The molecule has 0 spiro atoms. The van der Waals surface area contributed by atoms with Crippen LogP contribution in [0.1, 0.15) is 0 Å². The van der Waals surface area contributed by atoms with Crippen LogP contribution in [0.4, 0.5) is 20.6 Å². The lowest BCUT2D eigenvalue weighted by molar-refractivity contribution is -0.384. The predicted molar refractivity (Wildman–Crippen MR) is 51.1 cm³/mol. The fourth-order valence-corrected chi connectivity index (χ4v) is 0.965. The van der Waals surface area contributed by atoms with Crippen LogP contribution in [-0.4, -0.2) is 18.0 Å². The maximum Gasteiger partial charge on any atom is 0.319 e. The highest BCUT2D eigenvalue weighted by Crippen LogP contribution is 2.26. The number of benzene rings is 1. The van der Waals surface area contributed by atoms with Crippen LogP contribution >= 0.6 is 0 Å². The number of nitro groups is 1. The van der Waals surface area contributed by atoms with Crippen molar-refractivity contribution in [3.63, 3.8) is 0 Å². The predicted octanol–water partition coefficient (Wildman–Crippen LogP) is 1.49. The van der Waals surface area contributed by atoms with Gasteiger partial charge in [-0.25, -0.2) is 9.18 Å². The molecule has 0 aliphatic rings. The van der Waals surface area contributed by atoms with Crippen LogP contribution in [0.3, 0.4) is 0 Å². The minimum atomic E-state index is -0.854. The summed E-state index contributed by atoms with van der Waals surface area (Å²) in [7, 11) is 1.32. The van der Waals surface area contributed by atoms with Gasteiger partial charge in [-0.3, -0.25) is 15.4 Å². The Morgan fingerprint density at radius 3 is 2.73 bits per heavy atom. The lowest BCUT2D eigenvalue weighted by Gasteiger charge is -2.05. The first-order chi connectivity index (χ1) is 7.06. The molecule has 80 valence electrons. The molecule has 0 fully saturated rings. The number of nitrogens with zero attached hydrogens (tertiary/aromatic N) is 1. The molecule has 1 aromatic carbocycles. The summed E-state index contributed by atoms with van der Waals surface area (Å²) >= 11 is 0. The first-order valence-corrected chi connectivity index (χ1v) is 3.98. The summed E-state index contributed by atoms with van der Waals surface area (Å²) in [6.07, 6.45) is 0. The van der Waals surface area contributed by atoms with E-state index in [-0.39, 0.29) is 0 Å². The van der Waals surface area contributed by atoms with Crippen LogP contribution in [0.15, 0.2) is 18.2 Å². The summed E-state index contributed by atoms with van der Waals surface area (Å²) in [5.74, 6) is -0.854. The van der Waals surface area contributed by atoms with E-state index in [1.807, 2.05) is 5.32 Å². The summed E-state index contributed by atoms with van der Waals surface area (Å²) < 4.78 is 13.2. The molecule has 0 bridgehead atoms. The van der Waals surface area contributed by atoms with Gasteiger partial charge in [-0.05, 0) is 6.07 Å². The number of anilines is 1. The van der Waals surface area contributed by atoms with E-state index < -0.39 is 28.1 Å². The summed E-state index contributed by atoms with van der Waals surface area (Å²) in [6, 6.07) is 2.61. The number of nitrogens with one attached hydrogen (secondary N) is 2. The van der Waals surface area contributed by atoms with Crippen molar-refractivity contribution in [2.45, 2.75) is 0 Å². The molecule has 0 unspecified atom stereocenters. The van der Waals surface area contributed by atoms with Crippen molar-refractivity contribution in [1.29, 1.82) is 0 Å². The van der Waals surface area contributed by atoms with Crippen LogP contribution in [0.25, 0.3) is 0 Å². The fraction of sp³-hybridized carbons (Fsp3) is 0.125. The van der Waals surface area contributed by atoms with Crippen molar-refractivity contribution in [1.82, 2.24) is 5.32 Å². The Hall–Kier alpha value is -2.18. The number of carbonyl (C=O) groups is 1. The monoisotopic (exact) mass is 213 g/mol. The molecule has 2 amide bonds. The van der Waals surface area contributed by atoms with Gasteiger partial charge in [0.05, 0.1) is 4.92 Å². The standard InChI is InChI=1S/C8H8FN3O3/c1-10-8(13)11-7-5(9)3-2-4-6(7)12(14)15/h2-4H,1H3,(H2,10,11,13). The second-order valence-electron chi connectivity index (χ2n) is 2.60. The highest BCUT2D eigenvalue weighted by molar-refractivity contribution is 5.91. The molecular formula is C8H8FN3O3. The van der Waals surface area contributed by atoms with Crippen molar-refractivity contribution in [2.75, 3.05) is 12.4 Å². The molecule has 15 heavy (non-hydrogen) atoms. The highest BCUT2D eigenvalue weighted by Gasteiger charge is 2.18. The zero-order chi connectivity index (χ0) is 11.4. The topological polar surface area (TPSA) is 84.3 Å². The molecule has 0 atom stereocenters. The summed E-state index contributed by atoms with van der Waals surface area (Å²) in [6.45, 7) is 0. The molecule has 6 nitrogen and oxygen atoms in total. The molecule has 0 heterocycles. The van der Waals surface area contributed by atoms with E-state index in [1.165, 1.54) is 13.1 Å². The number of carbonyl (C=O) groups excluding carboxylic acids is 1. The Morgan fingerprint density at radius 1 is 1.53 bits per heavy atom. The van der Waals surface area contributed by atoms with Gasteiger partial charge >= 0.3 is 6.03 Å². The summed E-state index contributed by atoms with van der Waals surface area (Å²) in [4.78, 5) is 20.6. The van der Waals surface area contributed by atoms with E-state index in [9.17, 15) is 19.3 Å². The van der Waals surface area contributed by atoms with Gasteiger partial charge < -0.3 is 5.32 Å². The van der Waals surface area contributed by atoms with Crippen LogP contribution in [0.2, 0.25) is 0 Å². The third-order valence-electron chi connectivity index (χ3n) is 1.65. The third kappa shape index (κ3) is 2.39. The van der Waals surface area contributed by atoms with Crippen molar-refractivity contribution in [3.8, 4) is 0 Å². The van der Waals surface area contributed by atoms with Crippen LogP contribution in [-0.2, 0) is 0 Å². The molecule has 1 rings (SSSR count). The van der Waals surface area contributed by atoms with Crippen LogP contribution in [0, 0.1) is 15.9 Å². The number of amides is 2. The Labute approximate surface area is 84.2 Å². The maximum absolute atomic E-state index is 13.2. The molecule has 0 radical (unpaired) electrons. The van der Waals surface area contributed by atoms with Crippen LogP contribution < -0.4 is 10.6 Å². The number of para-hydroxylation sites is 1. The van der Waals surface area contributed by atoms with E-state index in [0.29, 0.717) is 0 Å². The number of nitro benzene ring substituents is 1. The van der Waals surface area contributed by atoms with Crippen LogP contribution in [0.5, 0.6) is 0 Å². The number of halogens is 1. The average molecular weight is 213 g/mol. The van der Waals surface area contributed by atoms with E-state index in [4.69, 9.17) is 0 Å². The lowest BCUT2D eigenvalue weighted by atomic mass is 10.2. The number of hydrogen-bond acceptors (Lipinski definition) is 3. The largest absolute Gasteiger partial charge is 0.341 e. The number of hydrogen-bond donors (Lipinski definition) is 2. The minimum absolute atomic E-state index is 0.443. The van der Waals surface area contributed by atoms with Crippen molar-refractivity contribution < 1.29 is 14.1 Å². The first-order valence-electron chi connectivity index (χ1n) is 3.98. The Balaban J connectivity index is 3.13. The minimum Gasteiger partial charge on any atom is -0.341 e. The fourth-order valence-electron chi connectivity index (χ4n) is 0.965. The van der Waals surface area contributed by atoms with E-state index in [1.54, 1.807) is 0 Å². The second kappa shape index (κ2) is 4.36. The number of urea groups is 1. The molecule has 7 heteroatoms. The van der Waals surface area contributed by atoms with Gasteiger partial charge in [-0.2, -0.15) is 0 Å². The normalized spacial score (nSPS) is 9.47. The van der Waals surface area contributed by atoms with E-state index in [0.717, 1.165) is 12.1 Å². The summed E-state index contributed by atoms with van der Waals surface area (Å²) in [5.41, 5.74) is -0.930. The smallest absolute Gasteiger partial charge is 0.319 e. The van der Waals surface area contributed by atoms with E-state index in [2.05, 4.69) is 5.32 Å². The lowest BCUT2D eigenvalue weighted by Crippen LogP contribution is -2.25. The Morgan fingerprint density at radius 2 is 2.20 bits per heavy atom. The average Bonchev–Trinajstić information content (AvgIpc) is 2.20. The van der Waals surface area contributed by atoms with Crippen molar-refractivity contribution >= 4 is 17.4 Å². The number of rotatable bonds is 2. The van der Waals surface area contributed by atoms with Gasteiger partial charge in [-0.1, -0.05) is 6.07 Å². The van der Waals surface area contributed by atoms with Crippen molar-refractivity contribution in [2.24, 2.45) is 0 Å². The molecule has 0 aromatic heterocycles. The van der Waals surface area contributed by atoms with Gasteiger partial charge in [0.15, 0.2) is 11.5 Å². The molecule has 0 aliphatic heterocycles. The molecular weight excluding hydrogens is 205 g/mol. The maximum atomic E-state index is 13.2. The molecule has 1 aromatic rings. The first kappa shape index (κ1) is 10.9. The zero-order valence-electron chi connectivity index (χ0n) is 7.78. The highest BCUT2D eigenvalue weighted by atomic mass is 19.1. The zero-order valence-corrected chi connectivity index (χ0v) is 7.78. The second-order valence-corrected chi connectivity index (χ2v) is 2.60. The van der Waals surface area contributed by atoms with E-state index >= 15 is 0 Å². The molecule has 0 saturated heterocycles. The van der Waals surface area contributed by atoms with Gasteiger partial charge in [0.1, 0.15) is 0 Å². The Bertz CT molecular complexity index is 408. The summed E-state index contributed by atoms with van der Waals surface area (Å²) in [5, 5.41) is 14.7. The molecule has 2 N–H and O–H groups in total. The third-order valence-corrected chi connectivity index (χ3v) is 1.65.